The second kappa shape index (κ2) is 4.44. The third-order valence-electron chi connectivity index (χ3n) is 2.52. The van der Waals surface area contributed by atoms with Gasteiger partial charge in [-0.05, 0) is 19.4 Å². The van der Waals surface area contributed by atoms with Crippen LogP contribution < -0.4 is 10.6 Å². The Bertz CT molecular complexity index is 341. The molecule has 1 amide bonds. The maximum absolute atomic E-state index is 10.8. The van der Waals surface area contributed by atoms with Crippen LogP contribution in [-0.4, -0.2) is 28.3 Å². The van der Waals surface area contributed by atoms with E-state index in [1.54, 1.807) is 6.20 Å². The van der Waals surface area contributed by atoms with E-state index in [2.05, 4.69) is 15.7 Å². The van der Waals surface area contributed by atoms with Crippen molar-refractivity contribution in [1.29, 1.82) is 0 Å². The third kappa shape index (κ3) is 2.79. The van der Waals surface area contributed by atoms with Gasteiger partial charge in [0.05, 0.1) is 18.4 Å². The van der Waals surface area contributed by atoms with E-state index >= 15 is 0 Å². The van der Waals surface area contributed by atoms with Gasteiger partial charge in [-0.25, -0.2) is 0 Å². The molecule has 15 heavy (non-hydrogen) atoms. The molecule has 1 aliphatic rings. The fourth-order valence-electron chi connectivity index (χ4n) is 1.87. The molecule has 0 bridgehead atoms. The smallest absolute Gasteiger partial charge is 0.221 e. The summed E-state index contributed by atoms with van der Waals surface area (Å²) in [4.78, 5) is 10.8. The number of amides is 1. The Morgan fingerprint density at radius 3 is 3.33 bits per heavy atom. The second-order valence-electron chi connectivity index (χ2n) is 3.93. The normalized spacial score (nSPS) is 20.5. The number of nitrogens with zero attached hydrogens (tertiary/aromatic N) is 2. The zero-order valence-electron chi connectivity index (χ0n) is 8.86. The largest absolute Gasteiger partial charge is 0.324 e. The first-order valence-electron chi connectivity index (χ1n) is 5.27. The lowest BCUT2D eigenvalue weighted by molar-refractivity contribution is -0.114. The van der Waals surface area contributed by atoms with Crippen LogP contribution in [0.1, 0.15) is 19.8 Å². The molecule has 1 aliphatic heterocycles. The van der Waals surface area contributed by atoms with Crippen molar-refractivity contribution in [2.45, 2.75) is 32.4 Å². The van der Waals surface area contributed by atoms with Gasteiger partial charge in [0.15, 0.2) is 0 Å². The Balaban J connectivity index is 1.91. The Labute approximate surface area is 88.8 Å². The van der Waals surface area contributed by atoms with Gasteiger partial charge < -0.3 is 10.6 Å². The van der Waals surface area contributed by atoms with Crippen molar-refractivity contribution in [3.63, 3.8) is 0 Å². The fourth-order valence-corrected chi connectivity index (χ4v) is 1.87. The molecule has 0 spiro atoms. The molecule has 1 saturated heterocycles. The van der Waals surface area contributed by atoms with Crippen LogP contribution in [0.5, 0.6) is 0 Å². The number of nitrogens with one attached hydrogen (secondary N) is 2. The van der Waals surface area contributed by atoms with Gasteiger partial charge in [-0.2, -0.15) is 5.10 Å². The molecule has 2 N–H and O–H groups in total. The van der Waals surface area contributed by atoms with Gasteiger partial charge in [0.25, 0.3) is 0 Å². The van der Waals surface area contributed by atoms with Crippen LogP contribution in [0.2, 0.25) is 0 Å². The minimum absolute atomic E-state index is 0.0615. The quantitative estimate of drug-likeness (QED) is 0.764. The summed E-state index contributed by atoms with van der Waals surface area (Å²) in [6.45, 7) is 3.47. The Hall–Kier alpha value is -1.36. The molecule has 0 radical (unpaired) electrons. The Kier molecular flexibility index (Phi) is 3.01. The van der Waals surface area contributed by atoms with E-state index in [9.17, 15) is 4.79 Å². The van der Waals surface area contributed by atoms with E-state index in [1.807, 2.05) is 10.9 Å². The van der Waals surface area contributed by atoms with Crippen molar-refractivity contribution in [3.05, 3.63) is 12.4 Å². The lowest BCUT2D eigenvalue weighted by atomic mass is 10.2. The SMILES string of the molecule is CC(=O)Nc1cnn(CC2CCCN2)c1. The van der Waals surface area contributed by atoms with Gasteiger partial charge >= 0.3 is 0 Å². The van der Waals surface area contributed by atoms with Crippen molar-refractivity contribution in [2.24, 2.45) is 0 Å². The maximum Gasteiger partial charge on any atom is 0.221 e. The summed E-state index contributed by atoms with van der Waals surface area (Å²) in [5, 5.41) is 10.3. The van der Waals surface area contributed by atoms with Crippen molar-refractivity contribution < 1.29 is 4.79 Å². The standard InChI is InChI=1S/C10H16N4O/c1-8(15)13-10-5-12-14(7-10)6-9-3-2-4-11-9/h5,7,9,11H,2-4,6H2,1H3,(H,13,15). The molecule has 5 heteroatoms. The van der Waals surface area contributed by atoms with Crippen LogP contribution in [0.4, 0.5) is 5.69 Å². The summed E-state index contributed by atoms with van der Waals surface area (Å²) in [6, 6.07) is 0.523. The van der Waals surface area contributed by atoms with Gasteiger partial charge in [0.2, 0.25) is 5.91 Å². The molecular weight excluding hydrogens is 192 g/mol. The number of rotatable bonds is 3. The molecule has 1 atom stereocenters. The van der Waals surface area contributed by atoms with E-state index in [-0.39, 0.29) is 5.91 Å². The monoisotopic (exact) mass is 208 g/mol. The molecule has 1 aromatic rings. The topological polar surface area (TPSA) is 59.0 Å². The Morgan fingerprint density at radius 1 is 1.80 bits per heavy atom. The molecule has 0 saturated carbocycles. The molecule has 2 heterocycles. The molecule has 1 fully saturated rings. The van der Waals surface area contributed by atoms with Crippen molar-refractivity contribution in [2.75, 3.05) is 11.9 Å². The zero-order valence-corrected chi connectivity index (χ0v) is 8.86. The summed E-state index contributed by atoms with van der Waals surface area (Å²) < 4.78 is 1.87. The first kappa shape index (κ1) is 10.2. The lowest BCUT2D eigenvalue weighted by Gasteiger charge is -2.09. The molecule has 82 valence electrons. The average molecular weight is 208 g/mol. The third-order valence-corrected chi connectivity index (χ3v) is 2.52. The van der Waals surface area contributed by atoms with Crippen LogP contribution >= 0.6 is 0 Å². The molecule has 0 aliphatic carbocycles. The molecule has 1 aromatic heterocycles. The van der Waals surface area contributed by atoms with Crippen LogP contribution in [0.3, 0.4) is 0 Å². The number of aromatic nitrogens is 2. The summed E-state index contributed by atoms with van der Waals surface area (Å²) >= 11 is 0. The highest BCUT2D eigenvalue weighted by molar-refractivity contribution is 5.88. The Morgan fingerprint density at radius 2 is 2.67 bits per heavy atom. The molecular formula is C10H16N4O. The minimum atomic E-state index is -0.0615. The van der Waals surface area contributed by atoms with E-state index in [1.165, 1.54) is 19.8 Å². The highest BCUT2D eigenvalue weighted by atomic mass is 16.1. The summed E-state index contributed by atoms with van der Waals surface area (Å²) in [6.07, 6.45) is 5.98. The van der Waals surface area contributed by atoms with Gasteiger partial charge in [0, 0.05) is 19.2 Å². The fraction of sp³-hybridized carbons (Fsp3) is 0.600. The molecule has 0 aromatic carbocycles. The van der Waals surface area contributed by atoms with Crippen LogP contribution in [0.25, 0.3) is 0 Å². The first-order chi connectivity index (χ1) is 7.24. The average Bonchev–Trinajstić information content (AvgIpc) is 2.77. The minimum Gasteiger partial charge on any atom is -0.324 e. The van der Waals surface area contributed by atoms with Gasteiger partial charge in [-0.15, -0.1) is 0 Å². The predicted molar refractivity (Wildman–Crippen MR) is 57.6 cm³/mol. The summed E-state index contributed by atoms with van der Waals surface area (Å²) in [5.41, 5.74) is 0.764. The number of carbonyl (C=O) groups is 1. The van der Waals surface area contributed by atoms with Crippen molar-refractivity contribution in [3.8, 4) is 0 Å². The number of carbonyl (C=O) groups excluding carboxylic acids is 1. The second-order valence-corrected chi connectivity index (χ2v) is 3.93. The lowest BCUT2D eigenvalue weighted by Crippen LogP contribution is -2.26. The van der Waals surface area contributed by atoms with Crippen LogP contribution in [-0.2, 0) is 11.3 Å². The molecule has 1 unspecified atom stereocenters. The molecule has 2 rings (SSSR count). The van der Waals surface area contributed by atoms with Gasteiger partial charge in [-0.3, -0.25) is 9.48 Å². The number of hydrogen-bond acceptors (Lipinski definition) is 3. The van der Waals surface area contributed by atoms with Crippen LogP contribution in [0.15, 0.2) is 12.4 Å². The van der Waals surface area contributed by atoms with E-state index < -0.39 is 0 Å². The first-order valence-corrected chi connectivity index (χ1v) is 5.27. The highest BCUT2D eigenvalue weighted by Crippen LogP contribution is 2.09. The van der Waals surface area contributed by atoms with Crippen molar-refractivity contribution >= 4 is 11.6 Å². The predicted octanol–water partition coefficient (Wildman–Crippen LogP) is 0.593. The van der Waals surface area contributed by atoms with Gasteiger partial charge in [-0.1, -0.05) is 0 Å². The number of hydrogen-bond donors (Lipinski definition) is 2. The van der Waals surface area contributed by atoms with E-state index in [0.29, 0.717) is 6.04 Å². The van der Waals surface area contributed by atoms with Crippen molar-refractivity contribution in [1.82, 2.24) is 15.1 Å². The van der Waals surface area contributed by atoms with Crippen LogP contribution in [0, 0.1) is 0 Å². The maximum atomic E-state index is 10.8. The van der Waals surface area contributed by atoms with E-state index in [0.717, 1.165) is 18.8 Å². The van der Waals surface area contributed by atoms with E-state index in [4.69, 9.17) is 0 Å². The number of anilines is 1. The highest BCUT2D eigenvalue weighted by Gasteiger charge is 2.14. The summed E-state index contributed by atoms with van der Waals surface area (Å²) in [7, 11) is 0. The summed E-state index contributed by atoms with van der Waals surface area (Å²) in [5.74, 6) is -0.0615. The molecule has 5 nitrogen and oxygen atoms in total. The zero-order chi connectivity index (χ0) is 10.7. The van der Waals surface area contributed by atoms with Gasteiger partial charge in [0.1, 0.15) is 0 Å².